The monoisotopic (exact) mass is 206 g/mol. The van der Waals surface area contributed by atoms with Gasteiger partial charge >= 0.3 is 5.97 Å². The molecule has 6 nitrogen and oxygen atoms in total. The molecule has 0 bridgehead atoms. The molecule has 14 heavy (non-hydrogen) atoms. The Morgan fingerprint density at radius 3 is 2.07 bits per heavy atom. The topological polar surface area (TPSA) is 107 Å². The zero-order valence-electron chi connectivity index (χ0n) is 7.75. The first kappa shape index (κ1) is 11.4. The molecule has 0 amide bonds. The molecular weight excluding hydrogens is 192 g/mol. The van der Waals surface area contributed by atoms with Crippen LogP contribution >= 0.6 is 0 Å². The molecule has 0 heterocycles. The Morgan fingerprint density at radius 1 is 1.29 bits per heavy atom. The molecule has 0 unspecified atom stereocenters. The van der Waals surface area contributed by atoms with Crippen molar-refractivity contribution in [2.24, 2.45) is 0 Å². The maximum absolute atomic E-state index is 11.1. The van der Waals surface area contributed by atoms with Gasteiger partial charge in [-0.25, -0.2) is 4.79 Å². The van der Waals surface area contributed by atoms with Gasteiger partial charge in [-0.3, -0.25) is 0 Å². The molecule has 1 saturated carbocycles. The largest absolute Gasteiger partial charge is 0.467 e. The molecule has 0 aromatic heterocycles. The van der Waals surface area contributed by atoms with E-state index in [0.717, 1.165) is 7.11 Å². The molecule has 0 aliphatic heterocycles. The number of aliphatic hydroxyl groups excluding tert-OH is 3. The molecule has 82 valence electrons. The minimum Gasteiger partial charge on any atom is -0.467 e. The Balaban J connectivity index is 2.78. The lowest BCUT2D eigenvalue weighted by molar-refractivity contribution is -0.189. The first-order valence-electron chi connectivity index (χ1n) is 4.25. The third-order valence-corrected chi connectivity index (χ3v) is 2.45. The van der Waals surface area contributed by atoms with Gasteiger partial charge in [0.1, 0.15) is 6.10 Å². The van der Waals surface area contributed by atoms with Crippen LogP contribution in [0.3, 0.4) is 0 Å². The molecule has 1 fully saturated rings. The Kier molecular flexibility index (Phi) is 3.10. The third kappa shape index (κ3) is 1.88. The number of ether oxygens (including phenoxy) is 1. The molecule has 4 N–H and O–H groups in total. The normalized spacial score (nSPS) is 43.4. The van der Waals surface area contributed by atoms with Crippen LogP contribution in [0.25, 0.3) is 0 Å². The molecule has 0 radical (unpaired) electrons. The highest BCUT2D eigenvalue weighted by Crippen LogP contribution is 2.30. The zero-order chi connectivity index (χ0) is 10.9. The highest BCUT2D eigenvalue weighted by Gasteiger charge is 2.49. The van der Waals surface area contributed by atoms with Gasteiger partial charge in [0, 0.05) is 12.8 Å². The second kappa shape index (κ2) is 3.82. The third-order valence-electron chi connectivity index (χ3n) is 2.45. The van der Waals surface area contributed by atoms with Crippen LogP contribution in [-0.4, -0.2) is 57.4 Å². The maximum atomic E-state index is 11.1. The van der Waals surface area contributed by atoms with E-state index in [1.54, 1.807) is 0 Å². The van der Waals surface area contributed by atoms with Crippen molar-refractivity contribution >= 4 is 5.97 Å². The van der Waals surface area contributed by atoms with Crippen molar-refractivity contribution in [1.29, 1.82) is 0 Å². The van der Waals surface area contributed by atoms with E-state index in [1.807, 2.05) is 0 Å². The van der Waals surface area contributed by atoms with Crippen LogP contribution < -0.4 is 0 Å². The van der Waals surface area contributed by atoms with Gasteiger partial charge in [0.2, 0.25) is 0 Å². The van der Waals surface area contributed by atoms with E-state index in [1.165, 1.54) is 0 Å². The fraction of sp³-hybridized carbons (Fsp3) is 0.875. The summed E-state index contributed by atoms with van der Waals surface area (Å²) in [6.45, 7) is 0. The standard InChI is InChI=1S/C8H14O6/c1-14-7(12)8(13)2-4(9)6(11)5(10)3-8/h4-6,9-11,13H,2-3H2,1H3/t4-,5-,6-,8+/m1/s1. The average Bonchev–Trinajstić information content (AvgIpc) is 2.12. The number of esters is 1. The van der Waals surface area contributed by atoms with Gasteiger partial charge in [0.05, 0.1) is 19.3 Å². The summed E-state index contributed by atoms with van der Waals surface area (Å²) in [4.78, 5) is 11.1. The van der Waals surface area contributed by atoms with Gasteiger partial charge in [-0.05, 0) is 0 Å². The molecule has 6 heteroatoms. The van der Waals surface area contributed by atoms with Gasteiger partial charge in [-0.1, -0.05) is 0 Å². The summed E-state index contributed by atoms with van der Waals surface area (Å²) in [7, 11) is 1.10. The first-order valence-corrected chi connectivity index (χ1v) is 4.25. The van der Waals surface area contributed by atoms with Crippen LogP contribution in [0.15, 0.2) is 0 Å². The molecule has 0 aromatic carbocycles. The molecule has 0 spiro atoms. The second-order valence-electron chi connectivity index (χ2n) is 3.56. The SMILES string of the molecule is COC(=O)[C@]1(O)C[C@@H](O)[C@@H](O)[C@H](O)C1. The maximum Gasteiger partial charge on any atom is 0.338 e. The molecule has 1 aliphatic carbocycles. The van der Waals surface area contributed by atoms with Crippen molar-refractivity contribution in [2.75, 3.05) is 7.11 Å². The van der Waals surface area contributed by atoms with E-state index < -0.39 is 29.9 Å². The van der Waals surface area contributed by atoms with Crippen LogP contribution in [0, 0.1) is 0 Å². The molecule has 0 aromatic rings. The lowest BCUT2D eigenvalue weighted by Crippen LogP contribution is -2.56. The summed E-state index contributed by atoms with van der Waals surface area (Å²) < 4.78 is 4.33. The molecule has 0 saturated heterocycles. The highest BCUT2D eigenvalue weighted by atomic mass is 16.5. The number of hydrogen-bond acceptors (Lipinski definition) is 6. The number of methoxy groups -OCH3 is 1. The number of rotatable bonds is 1. The minimum atomic E-state index is -1.91. The highest BCUT2D eigenvalue weighted by molar-refractivity contribution is 5.79. The van der Waals surface area contributed by atoms with Crippen molar-refractivity contribution < 1.29 is 30.0 Å². The first-order chi connectivity index (χ1) is 6.40. The van der Waals surface area contributed by atoms with Crippen molar-refractivity contribution in [3.05, 3.63) is 0 Å². The Morgan fingerprint density at radius 2 is 1.71 bits per heavy atom. The minimum absolute atomic E-state index is 0.335. The van der Waals surface area contributed by atoms with Gasteiger partial charge < -0.3 is 25.2 Å². The number of carbonyl (C=O) groups excluding carboxylic acids is 1. The summed E-state index contributed by atoms with van der Waals surface area (Å²) in [5, 5.41) is 37.4. The summed E-state index contributed by atoms with van der Waals surface area (Å²) in [6.07, 6.45) is -4.67. The van der Waals surface area contributed by atoms with Crippen LogP contribution in [0.2, 0.25) is 0 Å². The van der Waals surface area contributed by atoms with Crippen LogP contribution in [0.5, 0.6) is 0 Å². The lowest BCUT2D eigenvalue weighted by atomic mass is 9.80. The summed E-state index contributed by atoms with van der Waals surface area (Å²) in [5.41, 5.74) is -1.91. The predicted octanol–water partition coefficient (Wildman–Crippen LogP) is -2.23. The van der Waals surface area contributed by atoms with E-state index >= 15 is 0 Å². The van der Waals surface area contributed by atoms with Crippen LogP contribution in [0.4, 0.5) is 0 Å². The van der Waals surface area contributed by atoms with Crippen molar-refractivity contribution in [3.8, 4) is 0 Å². The van der Waals surface area contributed by atoms with E-state index in [-0.39, 0.29) is 12.8 Å². The predicted molar refractivity (Wildman–Crippen MR) is 44.2 cm³/mol. The van der Waals surface area contributed by atoms with E-state index in [9.17, 15) is 20.1 Å². The lowest BCUT2D eigenvalue weighted by Gasteiger charge is -2.38. The van der Waals surface area contributed by atoms with Gasteiger partial charge in [0.15, 0.2) is 5.60 Å². The molecule has 2 atom stereocenters. The van der Waals surface area contributed by atoms with Gasteiger partial charge in [0.25, 0.3) is 0 Å². The smallest absolute Gasteiger partial charge is 0.338 e. The number of carbonyl (C=O) groups is 1. The van der Waals surface area contributed by atoms with E-state index in [4.69, 9.17) is 5.11 Å². The quantitative estimate of drug-likeness (QED) is 0.362. The van der Waals surface area contributed by atoms with Gasteiger partial charge in [-0.15, -0.1) is 0 Å². The Labute approximate surface area is 80.7 Å². The number of aliphatic hydroxyl groups is 4. The van der Waals surface area contributed by atoms with Crippen molar-refractivity contribution in [3.63, 3.8) is 0 Å². The summed E-state index contributed by atoms with van der Waals surface area (Å²) >= 11 is 0. The van der Waals surface area contributed by atoms with Crippen molar-refractivity contribution in [2.45, 2.75) is 36.8 Å². The van der Waals surface area contributed by atoms with Gasteiger partial charge in [-0.2, -0.15) is 0 Å². The average molecular weight is 206 g/mol. The summed E-state index contributed by atoms with van der Waals surface area (Å²) in [5.74, 6) is -0.914. The second-order valence-corrected chi connectivity index (χ2v) is 3.56. The summed E-state index contributed by atoms with van der Waals surface area (Å²) in [6, 6.07) is 0. The van der Waals surface area contributed by atoms with E-state index in [0.29, 0.717) is 0 Å². The van der Waals surface area contributed by atoms with Crippen LogP contribution in [0.1, 0.15) is 12.8 Å². The number of hydrogen-bond donors (Lipinski definition) is 4. The van der Waals surface area contributed by atoms with Crippen molar-refractivity contribution in [1.82, 2.24) is 0 Å². The molecule has 1 aliphatic rings. The Bertz CT molecular complexity index is 216. The van der Waals surface area contributed by atoms with Crippen LogP contribution in [-0.2, 0) is 9.53 Å². The van der Waals surface area contributed by atoms with E-state index in [2.05, 4.69) is 4.74 Å². The zero-order valence-corrected chi connectivity index (χ0v) is 7.75. The molecular formula is C8H14O6. The fourth-order valence-corrected chi connectivity index (χ4v) is 1.63. The molecule has 1 rings (SSSR count). The Hall–Kier alpha value is -0.690. The fourth-order valence-electron chi connectivity index (χ4n) is 1.63.